The van der Waals surface area contributed by atoms with Crippen molar-refractivity contribution in [2.75, 3.05) is 37.7 Å². The number of hydrogen-bond donors (Lipinski definition) is 1. The van der Waals surface area contributed by atoms with Gasteiger partial charge in [0, 0.05) is 24.1 Å². The molecule has 2 N–H and O–H groups in total. The second-order valence-electron chi connectivity index (χ2n) is 5.64. The Balaban J connectivity index is 1.87. The molecular formula is C17H26N2O2S. The summed E-state index contributed by atoms with van der Waals surface area (Å²) in [4.78, 5) is 14.9. The second-order valence-corrected chi connectivity index (χ2v) is 6.71. The van der Waals surface area contributed by atoms with Crippen LogP contribution in [0.15, 0.2) is 18.2 Å². The van der Waals surface area contributed by atoms with Crippen LogP contribution in [0.1, 0.15) is 43.0 Å². The van der Waals surface area contributed by atoms with Gasteiger partial charge < -0.3 is 15.4 Å². The van der Waals surface area contributed by atoms with Crippen LogP contribution in [-0.4, -0.2) is 42.0 Å². The van der Waals surface area contributed by atoms with Crippen LogP contribution in [0.3, 0.4) is 0 Å². The number of nitrogens with zero attached hydrogens (tertiary/aromatic N) is 1. The third kappa shape index (κ3) is 5.21. The van der Waals surface area contributed by atoms with Crippen LogP contribution in [0.25, 0.3) is 0 Å². The van der Waals surface area contributed by atoms with Crippen LogP contribution in [0, 0.1) is 0 Å². The minimum Gasteiger partial charge on any atom is -0.493 e. The number of carbonyl (C=O) groups excluding carboxylic acids is 1. The van der Waals surface area contributed by atoms with E-state index in [-0.39, 0.29) is 5.12 Å². The Bertz CT molecular complexity index is 488. The van der Waals surface area contributed by atoms with E-state index in [0.29, 0.717) is 23.6 Å². The summed E-state index contributed by atoms with van der Waals surface area (Å²) in [6.45, 7) is 5.96. The highest BCUT2D eigenvalue weighted by molar-refractivity contribution is 8.14. The summed E-state index contributed by atoms with van der Waals surface area (Å²) in [5.74, 6) is 1.44. The van der Waals surface area contributed by atoms with Crippen molar-refractivity contribution >= 4 is 22.6 Å². The molecule has 1 heterocycles. The molecule has 0 bridgehead atoms. The molecule has 122 valence electrons. The summed E-state index contributed by atoms with van der Waals surface area (Å²) < 4.78 is 5.66. The molecule has 0 amide bonds. The summed E-state index contributed by atoms with van der Waals surface area (Å²) in [6.07, 6.45) is 4.81. The van der Waals surface area contributed by atoms with Crippen molar-refractivity contribution in [3.63, 3.8) is 0 Å². The van der Waals surface area contributed by atoms with Crippen molar-refractivity contribution in [2.24, 2.45) is 0 Å². The van der Waals surface area contributed by atoms with Crippen molar-refractivity contribution in [3.8, 4) is 5.75 Å². The molecule has 0 saturated carbocycles. The molecule has 0 spiro atoms. The molecule has 1 aromatic carbocycles. The highest BCUT2D eigenvalue weighted by Gasteiger charge is 2.15. The SMILES string of the molecule is CCCOc1cc(N)ccc1C(=O)SCCN1CCCCC1. The fourth-order valence-corrected chi connectivity index (χ4v) is 3.43. The van der Waals surface area contributed by atoms with Gasteiger partial charge in [-0.2, -0.15) is 0 Å². The number of anilines is 1. The van der Waals surface area contributed by atoms with E-state index in [1.165, 1.54) is 44.1 Å². The van der Waals surface area contributed by atoms with Gasteiger partial charge in [-0.15, -0.1) is 0 Å². The van der Waals surface area contributed by atoms with Crippen LogP contribution in [0.4, 0.5) is 5.69 Å². The summed E-state index contributed by atoms with van der Waals surface area (Å²) in [6, 6.07) is 5.28. The van der Waals surface area contributed by atoms with E-state index in [2.05, 4.69) is 4.90 Å². The van der Waals surface area contributed by atoms with E-state index in [1.807, 2.05) is 6.92 Å². The predicted octanol–water partition coefficient (Wildman–Crippen LogP) is 3.42. The first-order valence-corrected chi connectivity index (χ1v) is 9.11. The van der Waals surface area contributed by atoms with E-state index in [0.717, 1.165) is 18.7 Å². The Kier molecular flexibility index (Phi) is 7.06. The fourth-order valence-electron chi connectivity index (χ4n) is 2.57. The zero-order chi connectivity index (χ0) is 15.8. The Morgan fingerprint density at radius 3 is 2.82 bits per heavy atom. The number of thioether (sulfide) groups is 1. The minimum atomic E-state index is 0.0723. The molecule has 4 nitrogen and oxygen atoms in total. The summed E-state index contributed by atoms with van der Waals surface area (Å²) >= 11 is 1.38. The maximum atomic E-state index is 12.4. The maximum Gasteiger partial charge on any atom is 0.223 e. The second kappa shape index (κ2) is 9.06. The molecular weight excluding hydrogens is 296 g/mol. The Morgan fingerprint density at radius 2 is 2.09 bits per heavy atom. The summed E-state index contributed by atoms with van der Waals surface area (Å²) in [7, 11) is 0. The molecule has 1 fully saturated rings. The van der Waals surface area contributed by atoms with Gasteiger partial charge in [-0.05, 0) is 44.5 Å². The zero-order valence-electron chi connectivity index (χ0n) is 13.3. The first-order valence-electron chi connectivity index (χ1n) is 8.12. The average molecular weight is 322 g/mol. The lowest BCUT2D eigenvalue weighted by Gasteiger charge is -2.25. The molecule has 1 aliphatic rings. The number of benzene rings is 1. The van der Waals surface area contributed by atoms with Gasteiger partial charge in [0.2, 0.25) is 5.12 Å². The fraction of sp³-hybridized carbons (Fsp3) is 0.588. The van der Waals surface area contributed by atoms with Gasteiger partial charge in [-0.3, -0.25) is 4.79 Å². The standard InChI is InChI=1S/C17H26N2O2S/c1-2-11-21-16-13-14(18)6-7-15(16)17(20)22-12-10-19-8-4-3-5-9-19/h6-7,13H,2-5,8-12,18H2,1H3. The average Bonchev–Trinajstić information content (AvgIpc) is 2.54. The number of nitrogens with two attached hydrogens (primary N) is 1. The summed E-state index contributed by atoms with van der Waals surface area (Å²) in [5, 5.41) is 0.0723. The topological polar surface area (TPSA) is 55.6 Å². The van der Waals surface area contributed by atoms with Gasteiger partial charge in [0.25, 0.3) is 0 Å². The van der Waals surface area contributed by atoms with E-state index in [9.17, 15) is 4.79 Å². The number of rotatable bonds is 7. The van der Waals surface area contributed by atoms with Gasteiger partial charge in [0.05, 0.1) is 12.2 Å². The maximum absolute atomic E-state index is 12.4. The quantitative estimate of drug-likeness (QED) is 0.780. The van der Waals surface area contributed by atoms with Crippen LogP contribution in [0.2, 0.25) is 0 Å². The van der Waals surface area contributed by atoms with E-state index >= 15 is 0 Å². The largest absolute Gasteiger partial charge is 0.493 e. The van der Waals surface area contributed by atoms with Crippen molar-refractivity contribution in [1.82, 2.24) is 4.90 Å². The van der Waals surface area contributed by atoms with Crippen LogP contribution < -0.4 is 10.5 Å². The van der Waals surface area contributed by atoms with Gasteiger partial charge >= 0.3 is 0 Å². The highest BCUT2D eigenvalue weighted by atomic mass is 32.2. The molecule has 0 aromatic heterocycles. The van der Waals surface area contributed by atoms with Gasteiger partial charge in [-0.1, -0.05) is 25.1 Å². The molecule has 5 heteroatoms. The van der Waals surface area contributed by atoms with Crippen molar-refractivity contribution in [2.45, 2.75) is 32.6 Å². The smallest absolute Gasteiger partial charge is 0.223 e. The van der Waals surface area contributed by atoms with E-state index in [4.69, 9.17) is 10.5 Å². The molecule has 1 aliphatic heterocycles. The van der Waals surface area contributed by atoms with Crippen molar-refractivity contribution in [3.05, 3.63) is 23.8 Å². The van der Waals surface area contributed by atoms with Crippen LogP contribution in [0.5, 0.6) is 5.75 Å². The molecule has 0 atom stereocenters. The first-order chi connectivity index (χ1) is 10.7. The number of ether oxygens (including phenoxy) is 1. The van der Waals surface area contributed by atoms with Gasteiger partial charge in [0.1, 0.15) is 5.75 Å². The Labute approximate surface area is 137 Å². The number of piperidine rings is 1. The van der Waals surface area contributed by atoms with Crippen molar-refractivity contribution < 1.29 is 9.53 Å². The molecule has 1 saturated heterocycles. The lowest BCUT2D eigenvalue weighted by Crippen LogP contribution is -2.31. The molecule has 22 heavy (non-hydrogen) atoms. The number of carbonyl (C=O) groups is 1. The number of likely N-dealkylation sites (tertiary alicyclic amines) is 1. The monoisotopic (exact) mass is 322 g/mol. The van der Waals surface area contributed by atoms with E-state index in [1.54, 1.807) is 18.2 Å². The Morgan fingerprint density at radius 1 is 1.32 bits per heavy atom. The molecule has 0 unspecified atom stereocenters. The molecule has 2 rings (SSSR count). The van der Waals surface area contributed by atoms with Gasteiger partial charge in [-0.25, -0.2) is 0 Å². The van der Waals surface area contributed by atoms with Crippen LogP contribution in [-0.2, 0) is 0 Å². The van der Waals surface area contributed by atoms with Crippen LogP contribution >= 0.6 is 11.8 Å². The highest BCUT2D eigenvalue weighted by Crippen LogP contribution is 2.26. The normalized spacial score (nSPS) is 15.7. The van der Waals surface area contributed by atoms with Crippen molar-refractivity contribution in [1.29, 1.82) is 0 Å². The number of nitrogen functional groups attached to an aromatic ring is 1. The third-order valence-electron chi connectivity index (χ3n) is 3.78. The predicted molar refractivity (Wildman–Crippen MR) is 93.7 cm³/mol. The molecule has 0 aliphatic carbocycles. The first kappa shape index (κ1) is 17.2. The zero-order valence-corrected chi connectivity index (χ0v) is 14.2. The summed E-state index contributed by atoms with van der Waals surface area (Å²) in [5.41, 5.74) is 7.05. The molecule has 1 aromatic rings. The van der Waals surface area contributed by atoms with E-state index < -0.39 is 0 Å². The Hall–Kier alpha value is -1.20. The third-order valence-corrected chi connectivity index (χ3v) is 4.65. The molecule has 0 radical (unpaired) electrons. The lowest BCUT2D eigenvalue weighted by molar-refractivity contribution is 0.108. The lowest BCUT2D eigenvalue weighted by atomic mass is 10.1. The number of hydrogen-bond acceptors (Lipinski definition) is 5. The van der Waals surface area contributed by atoms with Gasteiger partial charge in [0.15, 0.2) is 0 Å². The minimum absolute atomic E-state index is 0.0723.